The number of aryl methyl sites for hydroxylation is 1. The van der Waals surface area contributed by atoms with Crippen molar-refractivity contribution in [3.8, 4) is 28.7 Å². The molecule has 5 rings (SSSR count). The van der Waals surface area contributed by atoms with Crippen LogP contribution in [0.1, 0.15) is 17.1 Å². The van der Waals surface area contributed by atoms with Gasteiger partial charge in [-0.3, -0.25) is 0 Å². The van der Waals surface area contributed by atoms with Crippen LogP contribution in [-0.2, 0) is 18.9 Å². The zero-order chi connectivity index (χ0) is 20.5. The molecule has 3 aromatic heterocycles. The molecule has 0 saturated carbocycles. The van der Waals surface area contributed by atoms with Crippen LogP contribution in [0.4, 0.5) is 4.39 Å². The van der Waals surface area contributed by atoms with Crippen LogP contribution in [0.3, 0.4) is 0 Å². The Labute approximate surface area is 175 Å². The van der Waals surface area contributed by atoms with Crippen molar-refractivity contribution in [3.05, 3.63) is 59.4 Å². The number of thioether (sulfide) groups is 1. The highest BCUT2D eigenvalue weighted by Crippen LogP contribution is 2.27. The summed E-state index contributed by atoms with van der Waals surface area (Å²) in [5.74, 6) is 4.26. The largest absolute Gasteiger partial charge is 0.472 e. The summed E-state index contributed by atoms with van der Waals surface area (Å²) in [5.41, 5.74) is 2.80. The number of nitrogens with zero attached hydrogens (tertiary/aromatic N) is 6. The quantitative estimate of drug-likeness (QED) is 0.479. The number of ether oxygens (including phenoxy) is 1. The van der Waals surface area contributed by atoms with Crippen LogP contribution in [0.2, 0.25) is 0 Å². The Morgan fingerprint density at radius 2 is 1.97 bits per heavy atom. The fourth-order valence-corrected chi connectivity index (χ4v) is 4.10. The van der Waals surface area contributed by atoms with E-state index in [-0.39, 0.29) is 12.4 Å². The smallest absolute Gasteiger partial charge is 0.233 e. The first-order valence-corrected chi connectivity index (χ1v) is 10.5. The first-order chi connectivity index (χ1) is 14.7. The van der Waals surface area contributed by atoms with E-state index in [1.54, 1.807) is 25.1 Å². The highest BCUT2D eigenvalue weighted by molar-refractivity contribution is 7.98. The third-order valence-corrected chi connectivity index (χ3v) is 5.79. The lowest BCUT2D eigenvalue weighted by atomic mass is 10.1. The lowest BCUT2D eigenvalue weighted by Gasteiger charge is -2.13. The van der Waals surface area contributed by atoms with Crippen LogP contribution in [-0.4, -0.2) is 35.9 Å². The van der Waals surface area contributed by atoms with Gasteiger partial charge in [0.25, 0.3) is 0 Å². The third kappa shape index (κ3) is 3.54. The van der Waals surface area contributed by atoms with Crippen molar-refractivity contribution in [2.24, 2.45) is 0 Å². The van der Waals surface area contributed by atoms with Crippen LogP contribution in [0.15, 0.2) is 40.9 Å². The van der Waals surface area contributed by atoms with E-state index < -0.39 is 0 Å². The molecule has 10 heteroatoms. The zero-order valence-corrected chi connectivity index (χ0v) is 16.9. The molecule has 4 heterocycles. The van der Waals surface area contributed by atoms with E-state index in [4.69, 9.17) is 9.26 Å². The van der Waals surface area contributed by atoms with Crippen molar-refractivity contribution in [2.75, 3.05) is 5.75 Å². The molecule has 30 heavy (non-hydrogen) atoms. The summed E-state index contributed by atoms with van der Waals surface area (Å²) in [6, 6.07) is 9.65. The molecule has 1 aliphatic rings. The zero-order valence-electron chi connectivity index (χ0n) is 16.1. The van der Waals surface area contributed by atoms with Gasteiger partial charge < -0.3 is 13.8 Å². The third-order valence-electron chi connectivity index (χ3n) is 4.85. The SMILES string of the molecule is Cc1onc(-c2ccc(F)cc2)c1COc1ccc(-c2nnc3n2CCSC3)nn1. The standard InChI is InChI=1S/C20H17FN6O2S/c1-12-15(19(26-29-12)13-2-4-14(21)5-3-13)10-28-18-7-6-16(22-24-18)20-25-23-17-11-30-9-8-27(17)20/h2-7H,8-11H2,1H3. The van der Waals surface area contributed by atoms with Gasteiger partial charge in [-0.25, -0.2) is 4.39 Å². The van der Waals surface area contributed by atoms with Crippen molar-refractivity contribution in [2.45, 2.75) is 25.8 Å². The minimum absolute atomic E-state index is 0.202. The van der Waals surface area contributed by atoms with E-state index in [0.717, 1.165) is 40.8 Å². The highest BCUT2D eigenvalue weighted by atomic mass is 32.2. The van der Waals surface area contributed by atoms with Crippen molar-refractivity contribution in [3.63, 3.8) is 0 Å². The Morgan fingerprint density at radius 1 is 1.10 bits per heavy atom. The van der Waals surface area contributed by atoms with Crippen molar-refractivity contribution in [1.29, 1.82) is 0 Å². The van der Waals surface area contributed by atoms with E-state index in [2.05, 4.69) is 30.1 Å². The Morgan fingerprint density at radius 3 is 2.77 bits per heavy atom. The topological polar surface area (TPSA) is 91.8 Å². The molecule has 1 aromatic carbocycles. The predicted octanol–water partition coefficient (Wildman–Crippen LogP) is 3.66. The van der Waals surface area contributed by atoms with Gasteiger partial charge in [-0.05, 0) is 37.3 Å². The number of fused-ring (bicyclic) bond motifs is 1. The molecule has 4 aromatic rings. The van der Waals surface area contributed by atoms with Crippen LogP contribution in [0.25, 0.3) is 22.8 Å². The Kier molecular flexibility index (Phi) is 4.91. The molecular weight excluding hydrogens is 407 g/mol. The summed E-state index contributed by atoms with van der Waals surface area (Å²) in [7, 11) is 0. The van der Waals surface area contributed by atoms with E-state index in [0.29, 0.717) is 23.0 Å². The minimum atomic E-state index is -0.306. The van der Waals surface area contributed by atoms with Gasteiger partial charge in [0, 0.05) is 23.9 Å². The summed E-state index contributed by atoms with van der Waals surface area (Å²) in [5, 5.41) is 21.0. The molecule has 1 aliphatic heterocycles. The first-order valence-electron chi connectivity index (χ1n) is 9.37. The molecule has 0 bridgehead atoms. The van der Waals surface area contributed by atoms with Gasteiger partial charge in [-0.2, -0.15) is 11.8 Å². The molecule has 8 nitrogen and oxygen atoms in total. The molecule has 0 spiro atoms. The van der Waals surface area contributed by atoms with Crippen LogP contribution >= 0.6 is 11.8 Å². The summed E-state index contributed by atoms with van der Waals surface area (Å²) in [6.45, 7) is 2.87. The first kappa shape index (κ1) is 18.7. The predicted molar refractivity (Wildman–Crippen MR) is 108 cm³/mol. The van der Waals surface area contributed by atoms with Crippen LogP contribution in [0, 0.1) is 12.7 Å². The number of hydrogen-bond acceptors (Lipinski definition) is 8. The van der Waals surface area contributed by atoms with Crippen molar-refractivity contribution in [1.82, 2.24) is 30.1 Å². The second-order valence-corrected chi connectivity index (χ2v) is 7.87. The minimum Gasteiger partial charge on any atom is -0.472 e. The number of halogens is 1. The number of rotatable bonds is 5. The van der Waals surface area contributed by atoms with Gasteiger partial charge in [0.15, 0.2) is 5.82 Å². The molecule has 0 N–H and O–H groups in total. The molecule has 0 radical (unpaired) electrons. The average molecular weight is 424 g/mol. The second-order valence-electron chi connectivity index (χ2n) is 6.76. The molecule has 152 valence electrons. The van der Waals surface area contributed by atoms with Crippen molar-refractivity contribution < 1.29 is 13.7 Å². The van der Waals surface area contributed by atoms with Gasteiger partial charge in [-0.1, -0.05) is 5.16 Å². The number of benzene rings is 1. The summed E-state index contributed by atoms with van der Waals surface area (Å²) >= 11 is 1.84. The van der Waals surface area contributed by atoms with Gasteiger partial charge in [0.1, 0.15) is 35.4 Å². The maximum atomic E-state index is 13.2. The van der Waals surface area contributed by atoms with Gasteiger partial charge in [-0.15, -0.1) is 20.4 Å². The molecule has 0 unspecified atom stereocenters. The fourth-order valence-electron chi connectivity index (χ4n) is 3.24. The Hall–Kier alpha value is -3.27. The Bertz CT molecular complexity index is 1170. The van der Waals surface area contributed by atoms with E-state index >= 15 is 0 Å². The summed E-state index contributed by atoms with van der Waals surface area (Å²) in [4.78, 5) is 0. The lowest BCUT2D eigenvalue weighted by Crippen LogP contribution is -2.12. The van der Waals surface area contributed by atoms with Crippen molar-refractivity contribution >= 4 is 11.8 Å². The maximum Gasteiger partial charge on any atom is 0.233 e. The molecule has 0 fully saturated rings. The summed E-state index contributed by atoms with van der Waals surface area (Å²) in [6.07, 6.45) is 0. The van der Waals surface area contributed by atoms with E-state index in [9.17, 15) is 4.39 Å². The maximum absolute atomic E-state index is 13.2. The molecule has 0 atom stereocenters. The highest BCUT2D eigenvalue weighted by Gasteiger charge is 2.19. The number of hydrogen-bond donors (Lipinski definition) is 0. The monoisotopic (exact) mass is 424 g/mol. The second kappa shape index (κ2) is 7.86. The molecular formula is C20H17FN6O2S. The number of aromatic nitrogens is 6. The summed E-state index contributed by atoms with van der Waals surface area (Å²) < 4.78 is 26.4. The van der Waals surface area contributed by atoms with Gasteiger partial charge >= 0.3 is 0 Å². The van der Waals surface area contributed by atoms with Crippen LogP contribution in [0.5, 0.6) is 5.88 Å². The normalized spacial score (nSPS) is 13.3. The average Bonchev–Trinajstić information content (AvgIpc) is 3.37. The van der Waals surface area contributed by atoms with Gasteiger partial charge in [0.05, 0.1) is 11.3 Å². The lowest BCUT2D eigenvalue weighted by molar-refractivity contribution is 0.287. The Balaban J connectivity index is 1.33. The fraction of sp³-hybridized carbons (Fsp3) is 0.250. The van der Waals surface area contributed by atoms with Gasteiger partial charge in [0.2, 0.25) is 5.88 Å². The molecule has 0 aliphatic carbocycles. The van der Waals surface area contributed by atoms with Crippen LogP contribution < -0.4 is 4.74 Å². The van der Waals surface area contributed by atoms with E-state index in [1.807, 2.05) is 17.8 Å². The van der Waals surface area contributed by atoms with E-state index in [1.165, 1.54) is 12.1 Å². The molecule has 0 amide bonds. The molecule has 0 saturated heterocycles.